The number of carbonyl (C=O) groups is 1. The molecule has 1 aliphatic rings. The Kier molecular flexibility index (Phi) is 9.23. The highest BCUT2D eigenvalue weighted by Gasteiger charge is 2.25. The molecule has 1 heterocycles. The molecule has 1 unspecified atom stereocenters. The van der Waals surface area contributed by atoms with Gasteiger partial charge in [0.05, 0.1) is 11.5 Å². The zero-order valence-electron chi connectivity index (χ0n) is 13.9. The maximum atomic E-state index is 11.9. The van der Waals surface area contributed by atoms with Crippen LogP contribution in [0.4, 0.5) is 5.69 Å². The van der Waals surface area contributed by atoms with Gasteiger partial charge in [-0.05, 0) is 5.56 Å². The van der Waals surface area contributed by atoms with Crippen molar-refractivity contribution in [2.45, 2.75) is 11.8 Å². The fourth-order valence-electron chi connectivity index (χ4n) is 2.37. The number of hydrogen-bond acceptors (Lipinski definition) is 7. The first-order valence-electron chi connectivity index (χ1n) is 7.72. The minimum absolute atomic E-state index is 0. The van der Waals surface area contributed by atoms with E-state index in [1.165, 1.54) is 23.9 Å². The molecular weight excluding hydrogens is 400 g/mol. The number of thiocarbonyl (C=S) groups is 1. The van der Waals surface area contributed by atoms with Crippen LogP contribution in [0.25, 0.3) is 0 Å². The summed E-state index contributed by atoms with van der Waals surface area (Å²) >= 11 is 6.92. The van der Waals surface area contributed by atoms with E-state index in [1.807, 2.05) is 4.90 Å². The van der Waals surface area contributed by atoms with Gasteiger partial charge in [-0.3, -0.25) is 14.9 Å². The molecule has 1 saturated heterocycles. The van der Waals surface area contributed by atoms with Gasteiger partial charge in [0.15, 0.2) is 0 Å². The Bertz CT molecular complexity index is 639. The van der Waals surface area contributed by atoms with Gasteiger partial charge in [-0.2, -0.15) is 0 Å². The molecule has 0 radical (unpaired) electrons. The molecule has 1 fully saturated rings. The molecule has 1 aromatic carbocycles. The van der Waals surface area contributed by atoms with Gasteiger partial charge < -0.3 is 20.6 Å². The number of amides is 1. The lowest BCUT2D eigenvalue weighted by Gasteiger charge is -2.36. The molecule has 0 bridgehead atoms. The minimum atomic E-state index is -0.866. The van der Waals surface area contributed by atoms with E-state index in [2.05, 4.69) is 0 Å². The zero-order chi connectivity index (χ0) is 18.4. The van der Waals surface area contributed by atoms with Crippen molar-refractivity contribution in [2.24, 2.45) is 5.73 Å². The normalized spacial score (nSPS) is 15.2. The number of rotatable bonds is 5. The molecule has 8 nitrogen and oxygen atoms in total. The third kappa shape index (κ3) is 6.06. The Labute approximate surface area is 167 Å². The Balaban J connectivity index is 0.00000338. The van der Waals surface area contributed by atoms with Crippen LogP contribution in [0.5, 0.6) is 0 Å². The van der Waals surface area contributed by atoms with E-state index in [0.717, 1.165) is 9.88 Å². The fourth-order valence-corrected chi connectivity index (χ4v) is 3.58. The Morgan fingerprint density at radius 3 is 2.31 bits per heavy atom. The second-order valence-corrected chi connectivity index (χ2v) is 7.19. The summed E-state index contributed by atoms with van der Waals surface area (Å²) in [4.78, 5) is 25.8. The second kappa shape index (κ2) is 10.6. The molecule has 0 aromatic heterocycles. The average molecular weight is 421 g/mol. The monoisotopic (exact) mass is 420 g/mol. The summed E-state index contributed by atoms with van der Waals surface area (Å²) in [7, 11) is 0. The summed E-state index contributed by atoms with van der Waals surface area (Å²) in [6.07, 6.45) is 0. The molecule has 1 amide bonds. The van der Waals surface area contributed by atoms with Gasteiger partial charge in [-0.15, -0.1) is 12.4 Å². The average Bonchev–Trinajstić information content (AvgIpc) is 2.65. The summed E-state index contributed by atoms with van der Waals surface area (Å²) < 4.78 is 0.733. The molecule has 0 saturated carbocycles. The van der Waals surface area contributed by atoms with Gasteiger partial charge in [-0.1, -0.05) is 36.1 Å². The molecule has 144 valence electrons. The van der Waals surface area contributed by atoms with Crippen molar-refractivity contribution < 1.29 is 14.8 Å². The topological polar surface area (TPSA) is 113 Å². The first-order chi connectivity index (χ1) is 11.9. The van der Waals surface area contributed by atoms with Crippen molar-refractivity contribution in [3.8, 4) is 0 Å². The first-order valence-corrected chi connectivity index (χ1v) is 9.12. The van der Waals surface area contributed by atoms with Crippen molar-refractivity contribution in [1.29, 1.82) is 0 Å². The van der Waals surface area contributed by atoms with E-state index in [4.69, 9.17) is 23.1 Å². The summed E-state index contributed by atoms with van der Waals surface area (Å²) in [6, 6.07) is 5.54. The van der Waals surface area contributed by atoms with Crippen LogP contribution in [-0.4, -0.2) is 68.9 Å². The molecule has 26 heavy (non-hydrogen) atoms. The number of aliphatic hydroxyl groups is 1. The number of hydrogen-bond donors (Lipinski definition) is 2. The molecule has 1 aromatic rings. The largest absolute Gasteiger partial charge is 0.394 e. The van der Waals surface area contributed by atoms with Crippen LogP contribution in [-0.2, 0) is 10.5 Å². The SMILES string of the molecule is Cl.NC(CO)C(=O)N1CCN(C(=S)SCc2ccc([N+](=O)[O-])cc2)CC1. The summed E-state index contributed by atoms with van der Waals surface area (Å²) in [5.74, 6) is 0.386. The predicted octanol–water partition coefficient (Wildman–Crippen LogP) is 0.999. The molecule has 1 atom stereocenters. The number of piperazine rings is 1. The number of nitro groups is 1. The van der Waals surface area contributed by atoms with E-state index < -0.39 is 11.0 Å². The number of carbonyl (C=O) groups excluding carboxylic acids is 1. The van der Waals surface area contributed by atoms with Crippen molar-refractivity contribution in [3.63, 3.8) is 0 Å². The van der Waals surface area contributed by atoms with Crippen LogP contribution in [0.2, 0.25) is 0 Å². The van der Waals surface area contributed by atoms with Gasteiger partial charge in [-0.25, -0.2) is 0 Å². The minimum Gasteiger partial charge on any atom is -0.394 e. The lowest BCUT2D eigenvalue weighted by Crippen LogP contribution is -2.54. The van der Waals surface area contributed by atoms with Crippen LogP contribution in [0.1, 0.15) is 5.56 Å². The van der Waals surface area contributed by atoms with Crippen LogP contribution in [0, 0.1) is 10.1 Å². The van der Waals surface area contributed by atoms with Crippen LogP contribution in [0.3, 0.4) is 0 Å². The summed E-state index contributed by atoms with van der Waals surface area (Å²) in [5.41, 5.74) is 6.58. The van der Waals surface area contributed by atoms with E-state index >= 15 is 0 Å². The Hall–Kier alpha value is -1.46. The van der Waals surface area contributed by atoms with E-state index in [0.29, 0.717) is 31.9 Å². The maximum Gasteiger partial charge on any atom is 0.269 e. The molecule has 1 aliphatic heterocycles. The highest BCUT2D eigenvalue weighted by Crippen LogP contribution is 2.20. The highest BCUT2D eigenvalue weighted by atomic mass is 35.5. The van der Waals surface area contributed by atoms with Gasteiger partial charge in [0, 0.05) is 44.1 Å². The van der Waals surface area contributed by atoms with Crippen molar-refractivity contribution in [3.05, 3.63) is 39.9 Å². The number of thioether (sulfide) groups is 1. The molecule has 2 rings (SSSR count). The first kappa shape index (κ1) is 22.6. The number of benzene rings is 1. The second-order valence-electron chi connectivity index (χ2n) is 5.58. The molecule has 11 heteroatoms. The van der Waals surface area contributed by atoms with Gasteiger partial charge in [0.2, 0.25) is 5.91 Å². The van der Waals surface area contributed by atoms with Gasteiger partial charge in [0.1, 0.15) is 10.4 Å². The number of halogens is 1. The van der Waals surface area contributed by atoms with Gasteiger partial charge in [0.25, 0.3) is 5.69 Å². The highest BCUT2D eigenvalue weighted by molar-refractivity contribution is 8.22. The third-order valence-electron chi connectivity index (χ3n) is 3.87. The van der Waals surface area contributed by atoms with E-state index in [9.17, 15) is 14.9 Å². The van der Waals surface area contributed by atoms with Crippen LogP contribution in [0.15, 0.2) is 24.3 Å². The molecule has 0 spiro atoms. The van der Waals surface area contributed by atoms with Crippen LogP contribution < -0.4 is 5.73 Å². The lowest BCUT2D eigenvalue weighted by molar-refractivity contribution is -0.384. The lowest BCUT2D eigenvalue weighted by atomic mass is 10.2. The van der Waals surface area contributed by atoms with Crippen molar-refractivity contribution >= 4 is 52.3 Å². The van der Waals surface area contributed by atoms with E-state index in [1.54, 1.807) is 17.0 Å². The number of non-ortho nitro benzene ring substituents is 1. The standard InChI is InChI=1S/C15H20N4O4S2.ClH/c16-13(9-20)14(21)17-5-7-18(8-6-17)15(24)25-10-11-1-3-12(4-2-11)19(22)23;/h1-4,13,20H,5-10,16H2;1H. The third-order valence-corrected chi connectivity index (χ3v) is 5.47. The fraction of sp³-hybridized carbons (Fsp3) is 0.467. The number of nitro benzene ring substituents is 1. The van der Waals surface area contributed by atoms with Crippen LogP contribution >= 0.6 is 36.4 Å². The molecule has 3 N–H and O–H groups in total. The quantitative estimate of drug-likeness (QED) is 0.412. The predicted molar refractivity (Wildman–Crippen MR) is 107 cm³/mol. The van der Waals surface area contributed by atoms with Crippen molar-refractivity contribution in [2.75, 3.05) is 32.8 Å². The zero-order valence-corrected chi connectivity index (χ0v) is 16.4. The Morgan fingerprint density at radius 2 is 1.81 bits per heavy atom. The van der Waals surface area contributed by atoms with Crippen molar-refractivity contribution in [1.82, 2.24) is 9.80 Å². The van der Waals surface area contributed by atoms with E-state index in [-0.39, 0.29) is 30.6 Å². The number of nitrogens with two attached hydrogens (primary N) is 1. The number of nitrogens with zero attached hydrogens (tertiary/aromatic N) is 3. The van der Waals surface area contributed by atoms with Gasteiger partial charge >= 0.3 is 0 Å². The summed E-state index contributed by atoms with van der Waals surface area (Å²) in [6.45, 7) is 1.92. The smallest absolute Gasteiger partial charge is 0.269 e. The summed E-state index contributed by atoms with van der Waals surface area (Å²) in [5, 5.41) is 19.6. The number of aliphatic hydroxyl groups excluding tert-OH is 1. The Morgan fingerprint density at radius 1 is 1.27 bits per heavy atom. The molecule has 0 aliphatic carbocycles. The molecular formula is C15H21ClN4O4S2. The maximum absolute atomic E-state index is 11.9.